The molecule has 0 aliphatic carbocycles. The summed E-state index contributed by atoms with van der Waals surface area (Å²) in [7, 11) is 0. The largest absolute Gasteiger partial charge is 0.485 e. The average molecular weight is 328 g/mol. The number of aromatic nitrogens is 2. The molecule has 0 saturated heterocycles. The molecule has 4 heteroatoms. The lowest BCUT2D eigenvalue weighted by atomic mass is 10.1. The van der Waals surface area contributed by atoms with Crippen LogP contribution in [0, 0.1) is 0 Å². The zero-order chi connectivity index (χ0) is 17.1. The molecule has 0 unspecified atom stereocenters. The third-order valence-electron chi connectivity index (χ3n) is 3.96. The van der Waals surface area contributed by atoms with Gasteiger partial charge in [0.15, 0.2) is 11.4 Å². The molecule has 0 radical (unpaired) electrons. The van der Waals surface area contributed by atoms with Crippen molar-refractivity contribution in [2.75, 3.05) is 0 Å². The molecule has 0 N–H and O–H groups in total. The molecule has 4 aromatic rings. The van der Waals surface area contributed by atoms with E-state index in [0.717, 1.165) is 11.1 Å². The molecule has 0 fully saturated rings. The maximum Gasteiger partial charge on any atom is 0.258 e. The number of pyridine rings is 1. The molecule has 0 spiro atoms. The van der Waals surface area contributed by atoms with E-state index in [1.165, 1.54) is 4.40 Å². The molecular weight excluding hydrogens is 312 g/mol. The van der Waals surface area contributed by atoms with Gasteiger partial charge in [0.2, 0.25) is 0 Å². The van der Waals surface area contributed by atoms with Crippen LogP contribution in [0.2, 0.25) is 0 Å². The quantitative estimate of drug-likeness (QED) is 0.570. The van der Waals surface area contributed by atoms with Gasteiger partial charge in [-0.1, -0.05) is 60.7 Å². The van der Waals surface area contributed by atoms with Gasteiger partial charge in [0, 0.05) is 17.8 Å². The number of rotatable bonds is 4. The summed E-state index contributed by atoms with van der Waals surface area (Å²) in [6.45, 7) is 0.423. The normalized spacial score (nSPS) is 10.7. The van der Waals surface area contributed by atoms with Crippen LogP contribution in [0.15, 0.2) is 89.9 Å². The van der Waals surface area contributed by atoms with Crippen molar-refractivity contribution in [2.24, 2.45) is 0 Å². The number of ether oxygens (including phenoxy) is 1. The van der Waals surface area contributed by atoms with Gasteiger partial charge >= 0.3 is 0 Å². The van der Waals surface area contributed by atoms with Gasteiger partial charge < -0.3 is 4.74 Å². The molecule has 0 aliphatic heterocycles. The highest BCUT2D eigenvalue weighted by Gasteiger charge is 2.09. The van der Waals surface area contributed by atoms with E-state index in [-0.39, 0.29) is 5.56 Å². The Bertz CT molecular complexity index is 1060. The second kappa shape index (κ2) is 6.61. The second-order valence-electron chi connectivity index (χ2n) is 5.69. The Hall–Kier alpha value is -3.40. The molecule has 2 aromatic carbocycles. The third-order valence-corrected chi connectivity index (χ3v) is 3.96. The van der Waals surface area contributed by atoms with Crippen molar-refractivity contribution in [3.8, 4) is 17.0 Å². The highest BCUT2D eigenvalue weighted by atomic mass is 16.5. The summed E-state index contributed by atoms with van der Waals surface area (Å²) in [6, 6.07) is 24.7. The van der Waals surface area contributed by atoms with Gasteiger partial charge in [0.25, 0.3) is 5.56 Å². The fraction of sp³-hybridized carbons (Fsp3) is 0.0476. The molecule has 0 saturated carbocycles. The van der Waals surface area contributed by atoms with Crippen molar-refractivity contribution >= 4 is 5.65 Å². The molecule has 0 aliphatic rings. The van der Waals surface area contributed by atoms with E-state index in [2.05, 4.69) is 4.98 Å². The first-order chi connectivity index (χ1) is 12.3. The van der Waals surface area contributed by atoms with E-state index in [1.54, 1.807) is 18.3 Å². The van der Waals surface area contributed by atoms with Crippen molar-refractivity contribution in [3.05, 3.63) is 101 Å². The van der Waals surface area contributed by atoms with E-state index in [4.69, 9.17) is 4.74 Å². The predicted octanol–water partition coefficient (Wildman–Crippen LogP) is 3.94. The van der Waals surface area contributed by atoms with Crippen LogP contribution < -0.4 is 10.3 Å². The minimum atomic E-state index is -0.131. The van der Waals surface area contributed by atoms with E-state index in [9.17, 15) is 4.79 Å². The van der Waals surface area contributed by atoms with Gasteiger partial charge in [0.05, 0.1) is 5.69 Å². The molecule has 2 heterocycles. The van der Waals surface area contributed by atoms with E-state index in [0.29, 0.717) is 23.7 Å². The first-order valence-corrected chi connectivity index (χ1v) is 8.06. The first kappa shape index (κ1) is 15.1. The Morgan fingerprint density at radius 2 is 1.60 bits per heavy atom. The first-order valence-electron chi connectivity index (χ1n) is 8.06. The monoisotopic (exact) mass is 328 g/mol. The van der Waals surface area contributed by atoms with Crippen LogP contribution in [0.25, 0.3) is 16.9 Å². The second-order valence-corrected chi connectivity index (χ2v) is 5.69. The van der Waals surface area contributed by atoms with Crippen LogP contribution in [-0.2, 0) is 6.61 Å². The van der Waals surface area contributed by atoms with Crippen LogP contribution in [0.4, 0.5) is 0 Å². The molecule has 4 nitrogen and oxygen atoms in total. The molecule has 4 rings (SSSR count). The van der Waals surface area contributed by atoms with Crippen LogP contribution in [0.1, 0.15) is 5.56 Å². The summed E-state index contributed by atoms with van der Waals surface area (Å²) >= 11 is 0. The van der Waals surface area contributed by atoms with Gasteiger partial charge in [-0.25, -0.2) is 4.98 Å². The Morgan fingerprint density at radius 1 is 0.880 bits per heavy atom. The molecule has 0 atom stereocenters. The Labute approximate surface area is 145 Å². The molecule has 25 heavy (non-hydrogen) atoms. The molecule has 122 valence electrons. The highest BCUT2D eigenvalue weighted by molar-refractivity contribution is 5.64. The number of hydrogen-bond donors (Lipinski definition) is 0. The van der Waals surface area contributed by atoms with Gasteiger partial charge in [-0.15, -0.1) is 0 Å². The molecule has 0 amide bonds. The number of nitrogens with zero attached hydrogens (tertiary/aromatic N) is 2. The summed E-state index contributed by atoms with van der Waals surface area (Å²) in [4.78, 5) is 17.1. The minimum absolute atomic E-state index is 0.131. The van der Waals surface area contributed by atoms with Crippen molar-refractivity contribution in [1.82, 2.24) is 9.38 Å². The van der Waals surface area contributed by atoms with Crippen LogP contribution in [0.5, 0.6) is 5.75 Å². The predicted molar refractivity (Wildman–Crippen MR) is 97.7 cm³/mol. The van der Waals surface area contributed by atoms with E-state index < -0.39 is 0 Å². The standard InChI is InChI=1S/C21H16N2O2/c24-20-14-18(17-10-5-2-6-11-17)22-21-19(12-7-13-23(20)21)25-15-16-8-3-1-4-9-16/h1-14H,15H2. The van der Waals surface area contributed by atoms with Crippen LogP contribution >= 0.6 is 0 Å². The van der Waals surface area contributed by atoms with Crippen molar-refractivity contribution in [1.29, 1.82) is 0 Å². The lowest BCUT2D eigenvalue weighted by Gasteiger charge is -2.10. The number of fused-ring (bicyclic) bond motifs is 1. The Kier molecular flexibility index (Phi) is 4.01. The maximum atomic E-state index is 12.5. The van der Waals surface area contributed by atoms with Crippen molar-refractivity contribution in [2.45, 2.75) is 6.61 Å². The molecule has 2 aromatic heterocycles. The molecular formula is C21H16N2O2. The van der Waals surface area contributed by atoms with E-state index >= 15 is 0 Å². The summed E-state index contributed by atoms with van der Waals surface area (Å²) < 4.78 is 7.44. The zero-order valence-corrected chi connectivity index (χ0v) is 13.5. The zero-order valence-electron chi connectivity index (χ0n) is 13.5. The Balaban J connectivity index is 1.77. The fourth-order valence-electron chi connectivity index (χ4n) is 2.70. The summed E-state index contributed by atoms with van der Waals surface area (Å²) in [5.74, 6) is 0.584. The fourth-order valence-corrected chi connectivity index (χ4v) is 2.70. The topological polar surface area (TPSA) is 43.6 Å². The Morgan fingerprint density at radius 3 is 2.36 bits per heavy atom. The highest BCUT2D eigenvalue weighted by Crippen LogP contribution is 2.21. The van der Waals surface area contributed by atoms with Gasteiger partial charge in [-0.3, -0.25) is 9.20 Å². The van der Waals surface area contributed by atoms with E-state index in [1.807, 2.05) is 66.7 Å². The summed E-state index contributed by atoms with van der Waals surface area (Å²) in [5.41, 5.74) is 2.99. The van der Waals surface area contributed by atoms with Crippen LogP contribution in [-0.4, -0.2) is 9.38 Å². The lowest BCUT2D eigenvalue weighted by Crippen LogP contribution is -2.15. The maximum absolute atomic E-state index is 12.5. The van der Waals surface area contributed by atoms with Gasteiger partial charge in [-0.05, 0) is 17.7 Å². The summed E-state index contributed by atoms with van der Waals surface area (Å²) in [6.07, 6.45) is 1.70. The smallest absolute Gasteiger partial charge is 0.258 e. The summed E-state index contributed by atoms with van der Waals surface area (Å²) in [5, 5.41) is 0. The average Bonchev–Trinajstić information content (AvgIpc) is 2.68. The third kappa shape index (κ3) is 3.15. The molecule has 0 bridgehead atoms. The number of hydrogen-bond acceptors (Lipinski definition) is 3. The van der Waals surface area contributed by atoms with Crippen molar-refractivity contribution < 1.29 is 4.74 Å². The lowest BCUT2D eigenvalue weighted by molar-refractivity contribution is 0.308. The van der Waals surface area contributed by atoms with Gasteiger partial charge in [0.1, 0.15) is 6.61 Å². The van der Waals surface area contributed by atoms with Gasteiger partial charge in [-0.2, -0.15) is 0 Å². The number of benzene rings is 2. The van der Waals surface area contributed by atoms with Crippen LogP contribution in [0.3, 0.4) is 0 Å². The van der Waals surface area contributed by atoms with Crippen molar-refractivity contribution in [3.63, 3.8) is 0 Å². The SMILES string of the molecule is O=c1cc(-c2ccccc2)nc2c(OCc3ccccc3)cccn12. The minimum Gasteiger partial charge on any atom is -0.485 e.